The Balaban J connectivity index is 2.16. The standard InChI is InChI=1S/C22H24S3/c1-12(2)16(20-14(4)21-19(25-20)8-9-24-21)11-17-13(3)10-18(15(5)23)22(17,6)7/h8-11,23H,1,5H2,2-4,6-7H3/b16-11+. The first-order valence-corrected chi connectivity index (χ1v) is 10.4. The van der Waals surface area contributed by atoms with Gasteiger partial charge in [0.2, 0.25) is 0 Å². The summed E-state index contributed by atoms with van der Waals surface area (Å²) in [5.74, 6) is 0. The summed E-state index contributed by atoms with van der Waals surface area (Å²) in [6.07, 6.45) is 4.55. The molecule has 0 N–H and O–H groups in total. The van der Waals surface area contributed by atoms with Crippen LogP contribution < -0.4 is 0 Å². The van der Waals surface area contributed by atoms with Gasteiger partial charge in [0, 0.05) is 24.6 Å². The summed E-state index contributed by atoms with van der Waals surface area (Å²) in [4.78, 5) is 2.18. The predicted molar refractivity (Wildman–Crippen MR) is 120 cm³/mol. The number of rotatable bonds is 4. The molecule has 3 heteroatoms. The Bertz CT molecular complexity index is 984. The highest BCUT2D eigenvalue weighted by atomic mass is 32.1. The lowest BCUT2D eigenvalue weighted by Gasteiger charge is -2.26. The summed E-state index contributed by atoms with van der Waals surface area (Å²) >= 11 is 8.20. The minimum atomic E-state index is -0.0911. The third-order valence-electron chi connectivity index (χ3n) is 4.96. The molecule has 0 unspecified atom stereocenters. The van der Waals surface area contributed by atoms with Gasteiger partial charge in [-0.25, -0.2) is 0 Å². The van der Waals surface area contributed by atoms with E-state index in [1.807, 2.05) is 22.7 Å². The highest BCUT2D eigenvalue weighted by molar-refractivity contribution is 7.84. The fourth-order valence-electron chi connectivity index (χ4n) is 3.58. The number of thiophene rings is 2. The smallest absolute Gasteiger partial charge is 0.0486 e. The van der Waals surface area contributed by atoms with Crippen LogP contribution in [0.15, 0.2) is 64.0 Å². The molecule has 0 nitrogen and oxygen atoms in total. The molecule has 25 heavy (non-hydrogen) atoms. The molecule has 0 atom stereocenters. The fraction of sp³-hybridized carbons (Fsp3) is 0.273. The Labute approximate surface area is 164 Å². The Morgan fingerprint density at radius 2 is 1.92 bits per heavy atom. The molecule has 0 amide bonds. The van der Waals surface area contributed by atoms with Crippen molar-refractivity contribution in [2.75, 3.05) is 0 Å². The first kappa shape index (κ1) is 18.5. The van der Waals surface area contributed by atoms with Gasteiger partial charge in [0.1, 0.15) is 0 Å². The third kappa shape index (κ3) is 3.03. The van der Waals surface area contributed by atoms with Crippen molar-refractivity contribution in [2.24, 2.45) is 5.41 Å². The molecule has 0 saturated heterocycles. The molecule has 3 rings (SSSR count). The van der Waals surface area contributed by atoms with Gasteiger partial charge in [0.05, 0.1) is 0 Å². The normalized spacial score (nSPS) is 17.4. The van der Waals surface area contributed by atoms with E-state index in [1.165, 1.54) is 42.1 Å². The van der Waals surface area contributed by atoms with Gasteiger partial charge in [0.15, 0.2) is 0 Å². The van der Waals surface area contributed by atoms with Gasteiger partial charge in [-0.15, -0.1) is 35.3 Å². The lowest BCUT2D eigenvalue weighted by molar-refractivity contribution is 0.575. The summed E-state index contributed by atoms with van der Waals surface area (Å²) in [6.45, 7) is 19.3. The van der Waals surface area contributed by atoms with E-state index in [1.54, 1.807) is 0 Å². The topological polar surface area (TPSA) is 0 Å². The minimum absolute atomic E-state index is 0.0911. The Morgan fingerprint density at radius 3 is 2.44 bits per heavy atom. The Kier molecular flexibility index (Phi) is 4.78. The summed E-state index contributed by atoms with van der Waals surface area (Å²) in [7, 11) is 0. The number of aryl methyl sites for hydroxylation is 1. The summed E-state index contributed by atoms with van der Waals surface area (Å²) in [5, 5.41) is 2.17. The molecule has 0 bridgehead atoms. The molecule has 0 radical (unpaired) electrons. The summed E-state index contributed by atoms with van der Waals surface area (Å²) in [5.41, 5.74) is 7.43. The van der Waals surface area contributed by atoms with Gasteiger partial charge >= 0.3 is 0 Å². The first-order chi connectivity index (χ1) is 11.6. The van der Waals surface area contributed by atoms with Crippen LogP contribution in [0.25, 0.3) is 15.0 Å². The number of allylic oxidation sites excluding steroid dienone is 7. The average molecular weight is 385 g/mol. The zero-order valence-electron chi connectivity index (χ0n) is 15.5. The van der Waals surface area contributed by atoms with Crippen LogP contribution in [0.4, 0.5) is 0 Å². The van der Waals surface area contributed by atoms with Crippen LogP contribution in [-0.4, -0.2) is 0 Å². The second-order valence-electron chi connectivity index (χ2n) is 7.23. The van der Waals surface area contributed by atoms with E-state index in [2.05, 4.69) is 84.0 Å². The highest BCUT2D eigenvalue weighted by Crippen LogP contribution is 2.49. The quantitative estimate of drug-likeness (QED) is 0.401. The van der Waals surface area contributed by atoms with Crippen molar-refractivity contribution in [1.82, 2.24) is 0 Å². The third-order valence-corrected chi connectivity index (χ3v) is 7.65. The molecule has 0 aliphatic heterocycles. The Morgan fingerprint density at radius 1 is 1.24 bits per heavy atom. The van der Waals surface area contributed by atoms with Crippen molar-refractivity contribution in [3.05, 3.63) is 74.4 Å². The molecule has 0 aromatic carbocycles. The average Bonchev–Trinajstić information content (AvgIpc) is 3.13. The molecule has 2 aromatic heterocycles. The van der Waals surface area contributed by atoms with Crippen molar-refractivity contribution in [1.29, 1.82) is 0 Å². The summed E-state index contributed by atoms with van der Waals surface area (Å²) < 4.78 is 2.76. The van der Waals surface area contributed by atoms with E-state index < -0.39 is 0 Å². The van der Waals surface area contributed by atoms with Crippen LogP contribution in [0.1, 0.15) is 38.1 Å². The largest absolute Gasteiger partial charge is 0.144 e. The molecule has 130 valence electrons. The van der Waals surface area contributed by atoms with Crippen molar-refractivity contribution in [3.63, 3.8) is 0 Å². The molecule has 0 fully saturated rings. The van der Waals surface area contributed by atoms with Crippen molar-refractivity contribution in [3.8, 4) is 0 Å². The van der Waals surface area contributed by atoms with Crippen molar-refractivity contribution < 1.29 is 0 Å². The molecule has 1 aliphatic rings. The first-order valence-electron chi connectivity index (χ1n) is 8.31. The van der Waals surface area contributed by atoms with E-state index in [0.29, 0.717) is 0 Å². The van der Waals surface area contributed by atoms with Gasteiger partial charge in [-0.1, -0.05) is 33.1 Å². The maximum atomic E-state index is 4.51. The van der Waals surface area contributed by atoms with Crippen molar-refractivity contribution in [2.45, 2.75) is 34.6 Å². The summed E-state index contributed by atoms with van der Waals surface area (Å²) in [6, 6.07) is 2.21. The lowest BCUT2D eigenvalue weighted by atomic mass is 9.79. The fourth-order valence-corrected chi connectivity index (χ4v) is 6.34. The molecule has 1 aliphatic carbocycles. The van der Waals surface area contributed by atoms with E-state index in [4.69, 9.17) is 0 Å². The van der Waals surface area contributed by atoms with Gasteiger partial charge in [-0.2, -0.15) is 0 Å². The van der Waals surface area contributed by atoms with Crippen LogP contribution in [0, 0.1) is 12.3 Å². The highest BCUT2D eigenvalue weighted by Gasteiger charge is 2.33. The maximum Gasteiger partial charge on any atom is 0.0486 e. The minimum Gasteiger partial charge on any atom is -0.144 e. The SMILES string of the molecule is C=C(S)C1=CC(C)=C(/C=C(\C(=C)C)c2sc3ccsc3c2C)C1(C)C. The lowest BCUT2D eigenvalue weighted by Crippen LogP contribution is -2.14. The Hall–Kier alpha value is -1.29. The van der Waals surface area contributed by atoms with Crippen molar-refractivity contribution >= 4 is 50.3 Å². The van der Waals surface area contributed by atoms with Gasteiger partial charge in [-0.3, -0.25) is 0 Å². The molecule has 0 saturated carbocycles. The molecule has 0 spiro atoms. The van der Waals surface area contributed by atoms with E-state index in [-0.39, 0.29) is 5.41 Å². The molecule has 2 heterocycles. The number of hydrogen-bond donors (Lipinski definition) is 1. The number of thiol groups is 1. The zero-order chi connectivity index (χ0) is 18.5. The van der Waals surface area contributed by atoms with Gasteiger partial charge in [0.25, 0.3) is 0 Å². The van der Waals surface area contributed by atoms with E-state index in [0.717, 1.165) is 10.5 Å². The van der Waals surface area contributed by atoms with Gasteiger partial charge in [-0.05, 0) is 71.7 Å². The second kappa shape index (κ2) is 6.46. The van der Waals surface area contributed by atoms with Crippen LogP contribution in [0.5, 0.6) is 0 Å². The van der Waals surface area contributed by atoms with E-state index in [9.17, 15) is 0 Å². The van der Waals surface area contributed by atoms with Gasteiger partial charge < -0.3 is 0 Å². The second-order valence-corrected chi connectivity index (χ2v) is 9.74. The van der Waals surface area contributed by atoms with Crippen LogP contribution in [0.2, 0.25) is 0 Å². The zero-order valence-corrected chi connectivity index (χ0v) is 18.0. The van der Waals surface area contributed by atoms with E-state index >= 15 is 0 Å². The molecular formula is C22H24S3. The monoisotopic (exact) mass is 384 g/mol. The van der Waals surface area contributed by atoms with Crippen LogP contribution in [-0.2, 0) is 0 Å². The predicted octanol–water partition coefficient (Wildman–Crippen LogP) is 7.96. The maximum absolute atomic E-state index is 4.51. The number of fused-ring (bicyclic) bond motifs is 1. The molecular weight excluding hydrogens is 360 g/mol. The molecule has 2 aromatic rings. The number of hydrogen-bond acceptors (Lipinski definition) is 3. The van der Waals surface area contributed by atoms with Crippen LogP contribution in [0.3, 0.4) is 0 Å². The van der Waals surface area contributed by atoms with Crippen LogP contribution >= 0.6 is 35.3 Å².